The molecule has 0 bridgehead atoms. The van der Waals surface area contributed by atoms with Crippen molar-refractivity contribution >= 4 is 28.5 Å². The first kappa shape index (κ1) is 25.8. The summed E-state index contributed by atoms with van der Waals surface area (Å²) < 4.78 is 11.8. The molecule has 1 aliphatic heterocycles. The Morgan fingerprint density at radius 2 is 2.03 bits per heavy atom. The SMILES string of the molecule is Cc1c(CCC(=O)N2CC[C@]3(O)CCCC[C@H]3C2)c(=O)oc2c(C)c(OCc3cccc(Cl)c3)ccc12. The van der Waals surface area contributed by atoms with E-state index in [1.165, 1.54) is 0 Å². The Kier molecular flexibility index (Phi) is 7.32. The summed E-state index contributed by atoms with van der Waals surface area (Å²) >= 11 is 6.07. The third-order valence-corrected chi connectivity index (χ3v) is 8.54. The van der Waals surface area contributed by atoms with Gasteiger partial charge >= 0.3 is 5.63 Å². The van der Waals surface area contributed by atoms with Gasteiger partial charge in [0.15, 0.2) is 0 Å². The van der Waals surface area contributed by atoms with E-state index in [0.29, 0.717) is 54.5 Å². The van der Waals surface area contributed by atoms with Crippen LogP contribution >= 0.6 is 11.6 Å². The predicted molar refractivity (Wildman–Crippen MR) is 144 cm³/mol. The number of rotatable bonds is 6. The normalized spacial score (nSPS) is 21.6. The number of fused-ring (bicyclic) bond motifs is 2. The maximum atomic E-state index is 13.0. The lowest BCUT2D eigenvalue weighted by Crippen LogP contribution is -2.54. The van der Waals surface area contributed by atoms with Gasteiger partial charge in [-0.15, -0.1) is 0 Å². The molecule has 7 heteroatoms. The number of nitrogens with zero attached hydrogens (tertiary/aromatic N) is 1. The quantitative estimate of drug-likeness (QED) is 0.417. The van der Waals surface area contributed by atoms with E-state index in [4.69, 9.17) is 20.8 Å². The number of carbonyl (C=O) groups excluding carboxylic acids is 1. The summed E-state index contributed by atoms with van der Waals surface area (Å²) in [5.41, 5.74) is 2.58. The Bertz CT molecular complexity index is 1380. The van der Waals surface area contributed by atoms with Crippen LogP contribution in [0.2, 0.25) is 5.02 Å². The van der Waals surface area contributed by atoms with Crippen LogP contribution < -0.4 is 10.4 Å². The molecule has 0 radical (unpaired) electrons. The topological polar surface area (TPSA) is 80.0 Å². The number of aryl methyl sites for hydroxylation is 2. The second kappa shape index (κ2) is 10.5. The van der Waals surface area contributed by atoms with Crippen LogP contribution in [0.25, 0.3) is 11.0 Å². The average molecular weight is 524 g/mol. The number of piperidine rings is 1. The summed E-state index contributed by atoms with van der Waals surface area (Å²) in [7, 11) is 0. The molecule has 1 aliphatic carbocycles. The molecule has 0 unspecified atom stereocenters. The predicted octanol–water partition coefficient (Wildman–Crippen LogP) is 5.73. The van der Waals surface area contributed by atoms with E-state index in [1.54, 1.807) is 0 Å². The smallest absolute Gasteiger partial charge is 0.339 e. The van der Waals surface area contributed by atoms with E-state index < -0.39 is 11.2 Å². The Morgan fingerprint density at radius 3 is 2.84 bits per heavy atom. The Balaban J connectivity index is 1.29. The van der Waals surface area contributed by atoms with Gasteiger partial charge in [-0.25, -0.2) is 4.79 Å². The fourth-order valence-corrected chi connectivity index (χ4v) is 6.20. The van der Waals surface area contributed by atoms with Crippen LogP contribution in [0.5, 0.6) is 5.75 Å². The number of benzene rings is 2. The van der Waals surface area contributed by atoms with Gasteiger partial charge < -0.3 is 19.2 Å². The van der Waals surface area contributed by atoms with Crippen LogP contribution in [0.15, 0.2) is 45.6 Å². The zero-order chi connectivity index (χ0) is 26.2. The second-order valence-corrected chi connectivity index (χ2v) is 11.0. The van der Waals surface area contributed by atoms with Gasteiger partial charge in [0.25, 0.3) is 0 Å². The monoisotopic (exact) mass is 523 g/mol. The van der Waals surface area contributed by atoms with Crippen LogP contribution in [0.4, 0.5) is 0 Å². The van der Waals surface area contributed by atoms with E-state index in [1.807, 2.05) is 55.1 Å². The highest BCUT2D eigenvalue weighted by Gasteiger charge is 2.43. The number of amides is 1. The molecule has 37 heavy (non-hydrogen) atoms. The van der Waals surface area contributed by atoms with Crippen molar-refractivity contribution in [1.29, 1.82) is 0 Å². The third kappa shape index (κ3) is 5.27. The third-order valence-electron chi connectivity index (χ3n) is 8.31. The highest BCUT2D eigenvalue weighted by Crippen LogP contribution is 2.40. The van der Waals surface area contributed by atoms with Gasteiger partial charge in [0, 0.05) is 47.0 Å². The first-order valence-corrected chi connectivity index (χ1v) is 13.6. The van der Waals surface area contributed by atoms with Crippen molar-refractivity contribution in [3.63, 3.8) is 0 Å². The standard InChI is InChI=1S/C30H34ClNO5/c1-19-24-9-11-26(36-18-21-6-5-8-23(31)16-21)20(2)28(24)37-29(34)25(19)10-12-27(33)32-15-14-30(35)13-4-3-7-22(30)17-32/h5-6,8-9,11,16,22,35H,3-4,7,10,12-15,17-18H2,1-2H3/t22-,30+/m0/s1. The zero-order valence-corrected chi connectivity index (χ0v) is 22.3. The van der Waals surface area contributed by atoms with E-state index in [9.17, 15) is 14.7 Å². The van der Waals surface area contributed by atoms with Crippen molar-refractivity contribution in [3.05, 3.63) is 74.1 Å². The van der Waals surface area contributed by atoms with Gasteiger partial charge in [0.2, 0.25) is 5.91 Å². The zero-order valence-electron chi connectivity index (χ0n) is 21.5. The summed E-state index contributed by atoms with van der Waals surface area (Å²) in [6.07, 6.45) is 5.21. The molecule has 2 heterocycles. The summed E-state index contributed by atoms with van der Waals surface area (Å²) in [4.78, 5) is 27.9. The van der Waals surface area contributed by atoms with Crippen LogP contribution in [-0.4, -0.2) is 34.6 Å². The minimum atomic E-state index is -0.612. The van der Waals surface area contributed by atoms with E-state index in [2.05, 4.69) is 0 Å². The summed E-state index contributed by atoms with van der Waals surface area (Å²) in [5.74, 6) is 0.836. The summed E-state index contributed by atoms with van der Waals surface area (Å²) in [6, 6.07) is 11.3. The maximum absolute atomic E-state index is 13.0. The molecule has 2 aromatic carbocycles. The molecular formula is C30H34ClNO5. The van der Waals surface area contributed by atoms with Gasteiger partial charge in [-0.3, -0.25) is 4.79 Å². The molecule has 1 N–H and O–H groups in total. The van der Waals surface area contributed by atoms with Crippen LogP contribution in [0.3, 0.4) is 0 Å². The number of ether oxygens (including phenoxy) is 1. The van der Waals surface area contributed by atoms with Crippen molar-refractivity contribution in [2.45, 2.75) is 71.0 Å². The Labute approximate surface area is 222 Å². The molecule has 1 saturated heterocycles. The molecule has 1 amide bonds. The highest BCUT2D eigenvalue weighted by molar-refractivity contribution is 6.30. The molecular weight excluding hydrogens is 490 g/mol. The lowest BCUT2D eigenvalue weighted by Gasteiger charge is -2.47. The van der Waals surface area contributed by atoms with Gasteiger partial charge in [-0.1, -0.05) is 36.6 Å². The fraction of sp³-hybridized carbons (Fsp3) is 0.467. The van der Waals surface area contributed by atoms with Gasteiger partial charge in [-0.05, 0) is 74.9 Å². The van der Waals surface area contributed by atoms with E-state index in [-0.39, 0.29) is 18.2 Å². The molecule has 1 aromatic heterocycles. The Hall–Kier alpha value is -2.83. The molecule has 1 saturated carbocycles. The number of likely N-dealkylation sites (tertiary alicyclic amines) is 1. The number of halogens is 1. The average Bonchev–Trinajstić information content (AvgIpc) is 2.88. The van der Waals surface area contributed by atoms with Crippen LogP contribution in [0, 0.1) is 19.8 Å². The molecule has 5 rings (SSSR count). The van der Waals surface area contributed by atoms with Crippen molar-refractivity contribution in [2.24, 2.45) is 5.92 Å². The number of hydrogen-bond acceptors (Lipinski definition) is 5. The number of hydrogen-bond donors (Lipinski definition) is 1. The van der Waals surface area contributed by atoms with Crippen LogP contribution in [-0.2, 0) is 17.8 Å². The van der Waals surface area contributed by atoms with Crippen molar-refractivity contribution < 1.29 is 19.1 Å². The lowest BCUT2D eigenvalue weighted by atomic mass is 9.71. The minimum Gasteiger partial charge on any atom is -0.488 e. The first-order valence-electron chi connectivity index (χ1n) is 13.2. The first-order chi connectivity index (χ1) is 17.7. The molecule has 2 aliphatic rings. The second-order valence-electron chi connectivity index (χ2n) is 10.6. The fourth-order valence-electron chi connectivity index (χ4n) is 5.99. The maximum Gasteiger partial charge on any atom is 0.339 e. The summed E-state index contributed by atoms with van der Waals surface area (Å²) in [6.45, 7) is 5.33. The van der Waals surface area contributed by atoms with Crippen molar-refractivity contribution in [1.82, 2.24) is 4.90 Å². The summed E-state index contributed by atoms with van der Waals surface area (Å²) in [5, 5.41) is 12.4. The molecule has 196 valence electrons. The lowest BCUT2D eigenvalue weighted by molar-refractivity contribution is -0.143. The largest absolute Gasteiger partial charge is 0.488 e. The van der Waals surface area contributed by atoms with Crippen molar-refractivity contribution in [3.8, 4) is 5.75 Å². The number of aliphatic hydroxyl groups is 1. The molecule has 3 aromatic rings. The Morgan fingerprint density at radius 1 is 1.19 bits per heavy atom. The molecule has 2 fully saturated rings. The van der Waals surface area contributed by atoms with Gasteiger partial charge in [-0.2, -0.15) is 0 Å². The van der Waals surface area contributed by atoms with Gasteiger partial charge in [0.1, 0.15) is 17.9 Å². The van der Waals surface area contributed by atoms with Crippen molar-refractivity contribution in [2.75, 3.05) is 13.1 Å². The minimum absolute atomic E-state index is 0.0347. The van der Waals surface area contributed by atoms with Gasteiger partial charge in [0.05, 0.1) is 5.60 Å². The molecule has 6 nitrogen and oxygen atoms in total. The van der Waals surface area contributed by atoms with E-state index >= 15 is 0 Å². The van der Waals surface area contributed by atoms with E-state index in [0.717, 1.165) is 47.8 Å². The highest BCUT2D eigenvalue weighted by atomic mass is 35.5. The number of carbonyl (C=O) groups is 1. The van der Waals surface area contributed by atoms with Crippen LogP contribution in [0.1, 0.15) is 60.8 Å². The molecule has 2 atom stereocenters. The molecule has 0 spiro atoms.